The molecule has 1 aliphatic rings. The molecule has 2 rings (SSSR count). The summed E-state index contributed by atoms with van der Waals surface area (Å²) in [6.07, 6.45) is 2.13. The number of hydrogen-bond donors (Lipinski definition) is 1. The van der Waals surface area contributed by atoms with Gasteiger partial charge in [0.25, 0.3) is 0 Å². The third kappa shape index (κ3) is 7.29. The zero-order valence-corrected chi connectivity index (χ0v) is 21.0. The summed E-state index contributed by atoms with van der Waals surface area (Å²) in [6.45, 7) is 13.3. The van der Waals surface area contributed by atoms with Gasteiger partial charge in [-0.3, -0.25) is 14.4 Å². The van der Waals surface area contributed by atoms with Crippen LogP contribution in [0.1, 0.15) is 85.8 Å². The summed E-state index contributed by atoms with van der Waals surface area (Å²) < 4.78 is 17.0. The van der Waals surface area contributed by atoms with E-state index in [1.165, 1.54) is 0 Å². The molecule has 1 aromatic carbocycles. The molecule has 4 atom stereocenters. The summed E-state index contributed by atoms with van der Waals surface area (Å²) in [6, 6.07) is 4.36. The van der Waals surface area contributed by atoms with E-state index in [0.717, 1.165) is 12.8 Å². The van der Waals surface area contributed by atoms with Gasteiger partial charge in [0, 0.05) is 0 Å². The van der Waals surface area contributed by atoms with E-state index < -0.39 is 24.1 Å². The average molecular weight is 462 g/mol. The summed E-state index contributed by atoms with van der Waals surface area (Å²) in [5.74, 6) is -1.56. The van der Waals surface area contributed by atoms with E-state index in [1.807, 2.05) is 34.6 Å². The van der Waals surface area contributed by atoms with Crippen molar-refractivity contribution in [2.75, 3.05) is 0 Å². The second kappa shape index (κ2) is 11.1. The molecular weight excluding hydrogens is 422 g/mol. The maximum atomic E-state index is 12.5. The van der Waals surface area contributed by atoms with Crippen molar-refractivity contribution in [3.63, 3.8) is 0 Å². The van der Waals surface area contributed by atoms with Crippen LogP contribution in [0.4, 0.5) is 0 Å². The van der Waals surface area contributed by atoms with Crippen molar-refractivity contribution in [3.05, 3.63) is 23.8 Å². The van der Waals surface area contributed by atoms with Crippen LogP contribution < -0.4 is 15.2 Å². The quantitative estimate of drug-likeness (QED) is 0.388. The van der Waals surface area contributed by atoms with Crippen LogP contribution in [0, 0.1) is 23.2 Å². The van der Waals surface area contributed by atoms with Crippen molar-refractivity contribution < 1.29 is 28.6 Å². The standard InChI is InChI=1S/C26H39NO6/c1-8-15(3)23(28)31-19-13-12-18(14-20(19)32-24(29)16(4)9-2)21(22(27)26(5,6)7)33-25(30)17-10-11-17/h12-17,21-22H,8-11,27H2,1-7H3. The highest BCUT2D eigenvalue weighted by Gasteiger charge is 2.38. The molecule has 0 amide bonds. The minimum Gasteiger partial charge on any atom is -0.456 e. The molecule has 4 unspecified atom stereocenters. The van der Waals surface area contributed by atoms with Crippen LogP contribution in [0.2, 0.25) is 0 Å². The van der Waals surface area contributed by atoms with Crippen molar-refractivity contribution in [3.8, 4) is 11.5 Å². The number of benzene rings is 1. The lowest BCUT2D eigenvalue weighted by atomic mass is 9.81. The Bertz CT molecular complexity index is 855. The summed E-state index contributed by atoms with van der Waals surface area (Å²) in [5.41, 5.74) is 6.75. The summed E-state index contributed by atoms with van der Waals surface area (Å²) in [5, 5.41) is 0. The van der Waals surface area contributed by atoms with Crippen LogP contribution in [0.5, 0.6) is 11.5 Å². The SMILES string of the molecule is CCC(C)C(=O)Oc1ccc(C(OC(=O)C2CC2)C(N)C(C)(C)C)cc1OC(=O)C(C)CC. The number of rotatable bonds is 10. The molecule has 1 fully saturated rings. The van der Waals surface area contributed by atoms with Crippen LogP contribution in [-0.4, -0.2) is 23.9 Å². The van der Waals surface area contributed by atoms with Crippen molar-refractivity contribution in [2.24, 2.45) is 28.9 Å². The van der Waals surface area contributed by atoms with Gasteiger partial charge in [0.1, 0.15) is 6.10 Å². The fourth-order valence-corrected chi connectivity index (χ4v) is 2.96. The smallest absolute Gasteiger partial charge is 0.314 e. The highest BCUT2D eigenvalue weighted by atomic mass is 16.6. The van der Waals surface area contributed by atoms with Gasteiger partial charge in [-0.2, -0.15) is 0 Å². The molecule has 7 nitrogen and oxygen atoms in total. The third-order valence-electron chi connectivity index (χ3n) is 6.23. The second-order valence-corrected chi connectivity index (χ2v) is 10.2. The fourth-order valence-electron chi connectivity index (χ4n) is 2.96. The highest BCUT2D eigenvalue weighted by Crippen LogP contribution is 2.39. The molecule has 7 heteroatoms. The first-order chi connectivity index (χ1) is 15.4. The predicted octanol–water partition coefficient (Wildman–Crippen LogP) is 4.96. The molecule has 1 aliphatic carbocycles. The largest absolute Gasteiger partial charge is 0.456 e. The average Bonchev–Trinajstić information content (AvgIpc) is 3.61. The van der Waals surface area contributed by atoms with Crippen LogP contribution in [0.25, 0.3) is 0 Å². The van der Waals surface area contributed by atoms with E-state index in [4.69, 9.17) is 19.9 Å². The Morgan fingerprint density at radius 3 is 1.94 bits per heavy atom. The number of ether oxygens (including phenoxy) is 3. The van der Waals surface area contributed by atoms with Crippen LogP contribution in [0.15, 0.2) is 18.2 Å². The van der Waals surface area contributed by atoms with E-state index in [2.05, 4.69) is 0 Å². The maximum Gasteiger partial charge on any atom is 0.314 e. The Kier molecular flexibility index (Phi) is 9.06. The Hall–Kier alpha value is -2.41. The van der Waals surface area contributed by atoms with Gasteiger partial charge < -0.3 is 19.9 Å². The van der Waals surface area contributed by atoms with Crippen molar-refractivity contribution in [1.82, 2.24) is 0 Å². The zero-order valence-electron chi connectivity index (χ0n) is 21.0. The van der Waals surface area contributed by atoms with Crippen LogP contribution in [0.3, 0.4) is 0 Å². The molecule has 2 N–H and O–H groups in total. The lowest BCUT2D eigenvalue weighted by Crippen LogP contribution is -2.42. The zero-order chi connectivity index (χ0) is 24.9. The first kappa shape index (κ1) is 26.8. The number of esters is 3. The van der Waals surface area contributed by atoms with Crippen LogP contribution in [-0.2, 0) is 19.1 Å². The normalized spacial score (nSPS) is 17.5. The highest BCUT2D eigenvalue weighted by molar-refractivity contribution is 5.78. The molecule has 0 aliphatic heterocycles. The van der Waals surface area contributed by atoms with Gasteiger partial charge in [-0.25, -0.2) is 0 Å². The second-order valence-electron chi connectivity index (χ2n) is 10.2. The molecule has 0 radical (unpaired) electrons. The van der Waals surface area contributed by atoms with E-state index in [0.29, 0.717) is 18.4 Å². The molecule has 1 saturated carbocycles. The van der Waals surface area contributed by atoms with E-state index in [1.54, 1.807) is 32.0 Å². The van der Waals surface area contributed by atoms with Gasteiger partial charge in [0.2, 0.25) is 0 Å². The molecule has 0 heterocycles. The van der Waals surface area contributed by atoms with Gasteiger partial charge in [-0.1, -0.05) is 54.5 Å². The molecule has 33 heavy (non-hydrogen) atoms. The minimum absolute atomic E-state index is 0.0851. The Labute approximate surface area is 197 Å². The van der Waals surface area contributed by atoms with E-state index in [-0.39, 0.29) is 40.6 Å². The van der Waals surface area contributed by atoms with Crippen molar-refractivity contribution >= 4 is 17.9 Å². The fraction of sp³-hybridized carbons (Fsp3) is 0.654. The molecule has 0 bridgehead atoms. The van der Waals surface area contributed by atoms with Gasteiger partial charge in [-0.05, 0) is 48.8 Å². The van der Waals surface area contributed by atoms with Crippen LogP contribution >= 0.6 is 0 Å². The Morgan fingerprint density at radius 1 is 0.970 bits per heavy atom. The lowest BCUT2D eigenvalue weighted by molar-refractivity contribution is -0.153. The minimum atomic E-state index is -0.738. The summed E-state index contributed by atoms with van der Waals surface area (Å²) in [7, 11) is 0. The van der Waals surface area contributed by atoms with Gasteiger partial charge in [0.05, 0.1) is 23.8 Å². The lowest BCUT2D eigenvalue weighted by Gasteiger charge is -2.34. The monoisotopic (exact) mass is 461 g/mol. The molecule has 0 saturated heterocycles. The first-order valence-corrected chi connectivity index (χ1v) is 11.9. The van der Waals surface area contributed by atoms with E-state index >= 15 is 0 Å². The van der Waals surface area contributed by atoms with Gasteiger partial charge in [0.15, 0.2) is 11.5 Å². The predicted molar refractivity (Wildman–Crippen MR) is 126 cm³/mol. The number of carbonyl (C=O) groups excluding carboxylic acids is 3. The number of carbonyl (C=O) groups is 3. The van der Waals surface area contributed by atoms with Crippen molar-refractivity contribution in [2.45, 2.75) is 86.3 Å². The first-order valence-electron chi connectivity index (χ1n) is 11.9. The Morgan fingerprint density at radius 2 is 1.48 bits per heavy atom. The molecule has 184 valence electrons. The topological polar surface area (TPSA) is 105 Å². The number of hydrogen-bond acceptors (Lipinski definition) is 7. The molecule has 1 aromatic rings. The Balaban J connectivity index is 2.45. The molecule has 0 spiro atoms. The number of nitrogens with two attached hydrogens (primary N) is 1. The summed E-state index contributed by atoms with van der Waals surface area (Å²) >= 11 is 0. The van der Waals surface area contributed by atoms with Gasteiger partial charge >= 0.3 is 17.9 Å². The molecule has 0 aromatic heterocycles. The van der Waals surface area contributed by atoms with E-state index in [9.17, 15) is 14.4 Å². The van der Waals surface area contributed by atoms with Gasteiger partial charge in [-0.15, -0.1) is 0 Å². The summed E-state index contributed by atoms with van der Waals surface area (Å²) in [4.78, 5) is 37.5. The maximum absolute atomic E-state index is 12.5. The van der Waals surface area contributed by atoms with Crippen molar-refractivity contribution in [1.29, 1.82) is 0 Å². The molecular formula is C26H39NO6. The third-order valence-corrected chi connectivity index (χ3v) is 6.23.